The summed E-state index contributed by atoms with van der Waals surface area (Å²) in [7, 11) is 0. The minimum Gasteiger partial charge on any atom is -0.507 e. The van der Waals surface area contributed by atoms with Crippen LogP contribution < -0.4 is 20.9 Å². The normalized spacial score (nSPS) is 17.0. The molecule has 2 saturated heterocycles. The number of para-hydroxylation sites is 2. The molecule has 12 nitrogen and oxygen atoms in total. The number of fused-ring (bicyclic) bond motifs is 2. The Morgan fingerprint density at radius 2 is 1.22 bits per heavy atom. The number of aryl methyl sites for hydroxylation is 2. The Hall–Kier alpha value is -6.01. The molecule has 2 aliphatic heterocycles. The fourth-order valence-electron chi connectivity index (χ4n) is 7.02. The highest BCUT2D eigenvalue weighted by molar-refractivity contribution is 5.93. The zero-order valence-electron chi connectivity index (χ0n) is 32.0. The van der Waals surface area contributed by atoms with E-state index in [4.69, 9.17) is 25.4 Å². The van der Waals surface area contributed by atoms with Gasteiger partial charge in [0.05, 0.1) is 28.2 Å². The topological polar surface area (TPSA) is 163 Å². The Balaban J connectivity index is 0.000000174. The standard InChI is InChI=1S/C24H28N4O3.C19H20N4O/c1-15-9-10-17-19(13-15)26-21(18-7-5-6-8-20(18)29)27-22(17)28-12-11-16(14-28)25-23(30)31-24(2,3)4;1-12-6-7-14-16(10-12)21-18(15-4-2-3-5-17(15)24)22-19(14)23-9-8-13(20)11-23/h5-10,13,16,29H,11-12,14H2,1-4H3,(H,25,30);2-7,10,13,24H,8-9,11,20H2,1H3/t16-;13-/m11/s1. The lowest BCUT2D eigenvalue weighted by Crippen LogP contribution is -2.40. The van der Waals surface area contributed by atoms with Crippen molar-refractivity contribution in [1.82, 2.24) is 25.3 Å². The summed E-state index contributed by atoms with van der Waals surface area (Å²) in [6.07, 6.45) is 1.35. The predicted octanol–water partition coefficient (Wildman–Crippen LogP) is 7.26. The minimum absolute atomic E-state index is 0.0288. The second-order valence-electron chi connectivity index (χ2n) is 15.4. The molecule has 2 aliphatic rings. The van der Waals surface area contributed by atoms with E-state index in [0.29, 0.717) is 29.3 Å². The van der Waals surface area contributed by atoms with E-state index in [1.807, 2.05) is 77.1 Å². The van der Waals surface area contributed by atoms with E-state index in [9.17, 15) is 15.0 Å². The Morgan fingerprint density at radius 3 is 1.69 bits per heavy atom. The second-order valence-corrected chi connectivity index (χ2v) is 15.4. The summed E-state index contributed by atoms with van der Waals surface area (Å²) in [5.74, 6) is 3.05. The molecule has 55 heavy (non-hydrogen) atoms. The molecule has 2 fully saturated rings. The predicted molar refractivity (Wildman–Crippen MR) is 218 cm³/mol. The first-order chi connectivity index (χ1) is 26.3. The van der Waals surface area contributed by atoms with Gasteiger partial charge in [-0.15, -0.1) is 0 Å². The number of phenols is 2. The van der Waals surface area contributed by atoms with Gasteiger partial charge in [0.2, 0.25) is 0 Å². The first-order valence-corrected chi connectivity index (χ1v) is 18.7. The summed E-state index contributed by atoms with van der Waals surface area (Å²) in [5.41, 5.74) is 10.7. The van der Waals surface area contributed by atoms with Crippen molar-refractivity contribution in [1.29, 1.82) is 0 Å². The van der Waals surface area contributed by atoms with Gasteiger partial charge in [-0.3, -0.25) is 0 Å². The third-order valence-corrected chi connectivity index (χ3v) is 9.69. The van der Waals surface area contributed by atoms with Crippen LogP contribution in [0.25, 0.3) is 44.6 Å². The first kappa shape index (κ1) is 37.3. The quantitative estimate of drug-likeness (QED) is 0.141. The summed E-state index contributed by atoms with van der Waals surface area (Å²) >= 11 is 0. The van der Waals surface area contributed by atoms with Crippen molar-refractivity contribution in [3.8, 4) is 34.3 Å². The van der Waals surface area contributed by atoms with Gasteiger partial charge < -0.3 is 35.8 Å². The van der Waals surface area contributed by atoms with Crippen molar-refractivity contribution in [2.24, 2.45) is 5.73 Å². The average molecular weight is 741 g/mol. The van der Waals surface area contributed by atoms with E-state index in [1.54, 1.807) is 24.3 Å². The molecule has 284 valence electrons. The molecular weight excluding hydrogens is 693 g/mol. The van der Waals surface area contributed by atoms with Gasteiger partial charge in [0, 0.05) is 43.0 Å². The number of carbonyl (C=O) groups excluding carboxylic acids is 1. The maximum Gasteiger partial charge on any atom is 0.407 e. The number of carbonyl (C=O) groups is 1. The van der Waals surface area contributed by atoms with Gasteiger partial charge in [-0.05, 0) is 107 Å². The van der Waals surface area contributed by atoms with E-state index < -0.39 is 11.7 Å². The number of nitrogens with zero attached hydrogens (tertiary/aromatic N) is 6. The van der Waals surface area contributed by atoms with E-state index >= 15 is 0 Å². The van der Waals surface area contributed by atoms with Crippen LogP contribution in [0.5, 0.6) is 11.5 Å². The lowest BCUT2D eigenvalue weighted by molar-refractivity contribution is 0.0509. The lowest BCUT2D eigenvalue weighted by atomic mass is 10.1. The Bertz CT molecular complexity index is 2360. The summed E-state index contributed by atoms with van der Waals surface area (Å²) in [6.45, 7) is 12.7. The number of aromatic nitrogens is 4. The first-order valence-electron chi connectivity index (χ1n) is 18.7. The SMILES string of the molecule is Cc1ccc2c(N3CC[C@@H](N)C3)nc(-c3ccccc3O)nc2c1.Cc1ccc2c(N3CC[C@@H](NC(=O)OC(C)(C)C)C3)nc(-c3ccccc3O)nc2c1. The van der Waals surface area contributed by atoms with Crippen LogP contribution in [-0.2, 0) is 4.74 Å². The maximum atomic E-state index is 12.2. The lowest BCUT2D eigenvalue weighted by Gasteiger charge is -2.23. The molecule has 12 heteroatoms. The molecule has 5 N–H and O–H groups in total. The monoisotopic (exact) mass is 740 g/mol. The molecule has 0 unspecified atom stereocenters. The smallest absolute Gasteiger partial charge is 0.407 e. The zero-order chi connectivity index (χ0) is 38.9. The van der Waals surface area contributed by atoms with Crippen molar-refractivity contribution >= 4 is 39.5 Å². The van der Waals surface area contributed by atoms with Gasteiger partial charge in [-0.2, -0.15) is 0 Å². The molecular formula is C43H48N8O4. The average Bonchev–Trinajstić information content (AvgIpc) is 3.79. The number of nitrogens with one attached hydrogen (secondary N) is 1. The van der Waals surface area contributed by atoms with Crippen LogP contribution in [-0.4, -0.2) is 80.1 Å². The Labute approximate surface area is 321 Å². The van der Waals surface area contributed by atoms with Crippen molar-refractivity contribution in [2.45, 2.75) is 65.1 Å². The molecule has 2 aromatic heterocycles. The number of phenolic OH excluding ortho intramolecular Hbond substituents is 2. The van der Waals surface area contributed by atoms with Crippen molar-refractivity contribution < 1.29 is 19.7 Å². The van der Waals surface area contributed by atoms with E-state index in [0.717, 1.165) is 77.0 Å². The summed E-state index contributed by atoms with van der Waals surface area (Å²) in [5, 5.41) is 25.4. The van der Waals surface area contributed by atoms with Crippen LogP contribution in [0.2, 0.25) is 0 Å². The fourth-order valence-corrected chi connectivity index (χ4v) is 7.02. The van der Waals surface area contributed by atoms with Crippen LogP contribution in [0, 0.1) is 13.8 Å². The molecule has 0 radical (unpaired) electrons. The van der Waals surface area contributed by atoms with Gasteiger partial charge in [0.1, 0.15) is 28.7 Å². The molecule has 0 aliphatic carbocycles. The summed E-state index contributed by atoms with van der Waals surface area (Å²) < 4.78 is 5.39. The third-order valence-electron chi connectivity index (χ3n) is 9.69. The molecule has 4 aromatic carbocycles. The van der Waals surface area contributed by atoms with Gasteiger partial charge in [-0.25, -0.2) is 24.7 Å². The largest absolute Gasteiger partial charge is 0.507 e. The van der Waals surface area contributed by atoms with Gasteiger partial charge in [-0.1, -0.05) is 36.4 Å². The molecule has 4 heterocycles. The molecule has 0 bridgehead atoms. The van der Waals surface area contributed by atoms with E-state index in [1.165, 1.54) is 0 Å². The number of benzene rings is 4. The van der Waals surface area contributed by atoms with E-state index in [-0.39, 0.29) is 23.6 Å². The zero-order valence-corrected chi connectivity index (χ0v) is 32.0. The molecule has 6 aromatic rings. The van der Waals surface area contributed by atoms with Crippen LogP contribution in [0.1, 0.15) is 44.7 Å². The number of alkyl carbamates (subject to hydrolysis) is 1. The number of hydrogen-bond donors (Lipinski definition) is 4. The number of ether oxygens (including phenoxy) is 1. The van der Waals surface area contributed by atoms with Crippen molar-refractivity contribution in [2.75, 3.05) is 36.0 Å². The van der Waals surface area contributed by atoms with Crippen LogP contribution in [0.15, 0.2) is 84.9 Å². The molecule has 0 spiro atoms. The number of hydrogen-bond acceptors (Lipinski definition) is 11. The second kappa shape index (κ2) is 15.4. The summed E-state index contributed by atoms with van der Waals surface area (Å²) in [4.78, 5) is 35.6. The highest BCUT2D eigenvalue weighted by Crippen LogP contribution is 2.35. The molecule has 0 saturated carbocycles. The maximum absolute atomic E-state index is 12.2. The van der Waals surface area contributed by atoms with Gasteiger partial charge >= 0.3 is 6.09 Å². The molecule has 8 rings (SSSR count). The van der Waals surface area contributed by atoms with Crippen LogP contribution in [0.4, 0.5) is 16.4 Å². The van der Waals surface area contributed by atoms with Crippen LogP contribution in [0.3, 0.4) is 0 Å². The highest BCUT2D eigenvalue weighted by atomic mass is 16.6. The molecule has 2 atom stereocenters. The van der Waals surface area contributed by atoms with Gasteiger partial charge in [0.25, 0.3) is 0 Å². The van der Waals surface area contributed by atoms with Crippen molar-refractivity contribution in [3.05, 3.63) is 96.1 Å². The fraction of sp³-hybridized carbons (Fsp3) is 0.326. The highest BCUT2D eigenvalue weighted by Gasteiger charge is 2.29. The number of amides is 1. The van der Waals surface area contributed by atoms with Crippen LogP contribution >= 0.6 is 0 Å². The van der Waals surface area contributed by atoms with Gasteiger partial charge in [0.15, 0.2) is 11.6 Å². The number of rotatable bonds is 5. The summed E-state index contributed by atoms with van der Waals surface area (Å²) in [6, 6.07) is 26.7. The Morgan fingerprint density at radius 1 is 0.727 bits per heavy atom. The molecule has 1 amide bonds. The Kier molecular flexibility index (Phi) is 10.4. The number of aromatic hydroxyl groups is 2. The third kappa shape index (κ3) is 8.54. The number of anilines is 2. The van der Waals surface area contributed by atoms with Crippen molar-refractivity contribution in [3.63, 3.8) is 0 Å². The number of nitrogens with two attached hydrogens (primary N) is 1. The minimum atomic E-state index is -0.532. The van der Waals surface area contributed by atoms with E-state index in [2.05, 4.69) is 38.3 Å².